The fraction of sp³-hybridized carbons (Fsp3) is 0. The van der Waals surface area contributed by atoms with E-state index < -0.39 is 36.7 Å². The SMILES string of the molecule is Fc1cccc(F)c1N1c2cc3c(cc2B2c4ccccc4N(c4ccccc4)c4cc(N(c5ccccc5)c5ccccc5)cc1c42)B1c2ccccc2N(c2ccccc2)c2cc(N(c4ccccc4)c4ccccc4)cc(c21)N3c1c(F)cccc1F. The molecule has 90 heavy (non-hydrogen) atoms. The molecule has 0 amide bonds. The molecule has 0 saturated carbocycles. The predicted molar refractivity (Wildman–Crippen MR) is 364 cm³/mol. The number of para-hydroxylation sites is 10. The molecule has 4 aliphatic rings. The van der Waals surface area contributed by atoms with Crippen LogP contribution in [-0.4, -0.2) is 13.4 Å². The molecule has 0 unspecified atom stereocenters. The summed E-state index contributed by atoms with van der Waals surface area (Å²) in [6.45, 7) is -1.11. The van der Waals surface area contributed by atoms with E-state index in [4.69, 9.17) is 0 Å². The minimum absolute atomic E-state index is 0.306. The second-order valence-electron chi connectivity index (χ2n) is 22.9. The van der Waals surface area contributed by atoms with Gasteiger partial charge in [0.2, 0.25) is 0 Å². The lowest BCUT2D eigenvalue weighted by atomic mass is 9.30. The molecule has 0 radical (unpaired) electrons. The lowest BCUT2D eigenvalue weighted by Gasteiger charge is -2.47. The van der Waals surface area contributed by atoms with E-state index in [1.807, 2.05) is 200 Å². The lowest BCUT2D eigenvalue weighted by molar-refractivity contribution is 0.585. The molecule has 0 atom stereocenters. The molecular formula is C78H50B2F4N6. The monoisotopic (exact) mass is 1170 g/mol. The summed E-state index contributed by atoms with van der Waals surface area (Å²) in [6, 6.07) is 97.9. The summed E-state index contributed by atoms with van der Waals surface area (Å²) in [5.41, 5.74) is 16.4. The zero-order valence-electron chi connectivity index (χ0n) is 48.2. The van der Waals surface area contributed by atoms with Gasteiger partial charge in [0.1, 0.15) is 34.6 Å². The first-order chi connectivity index (χ1) is 44.4. The van der Waals surface area contributed by atoms with Gasteiger partial charge in [0, 0.05) is 79.6 Å². The van der Waals surface area contributed by atoms with Gasteiger partial charge < -0.3 is 29.4 Å². The number of nitrogens with zero attached hydrogens (tertiary/aromatic N) is 6. The van der Waals surface area contributed by atoms with Crippen LogP contribution < -0.4 is 62.2 Å². The molecule has 0 fully saturated rings. The smallest absolute Gasteiger partial charge is 0.252 e. The van der Waals surface area contributed by atoms with Crippen molar-refractivity contribution in [2.24, 2.45) is 0 Å². The highest BCUT2D eigenvalue weighted by Crippen LogP contribution is 2.53. The normalized spacial score (nSPS) is 13.0. The van der Waals surface area contributed by atoms with E-state index >= 15 is 17.6 Å². The van der Waals surface area contributed by atoms with E-state index in [1.165, 1.54) is 36.4 Å². The van der Waals surface area contributed by atoms with Crippen molar-refractivity contribution in [1.29, 1.82) is 0 Å². The van der Waals surface area contributed by atoms with Gasteiger partial charge in [-0.25, -0.2) is 17.6 Å². The molecule has 0 aliphatic carbocycles. The van der Waals surface area contributed by atoms with E-state index in [2.05, 4.69) is 86.3 Å². The number of halogens is 4. The quantitative estimate of drug-likeness (QED) is 0.0997. The lowest BCUT2D eigenvalue weighted by Crippen LogP contribution is -2.65. The summed E-state index contributed by atoms with van der Waals surface area (Å²) in [6.07, 6.45) is 0. The summed E-state index contributed by atoms with van der Waals surface area (Å²) in [4.78, 5) is 12.3. The Hall–Kier alpha value is -11.5. The summed E-state index contributed by atoms with van der Waals surface area (Å²) in [5.74, 6) is -3.18. The van der Waals surface area contributed by atoms with Crippen molar-refractivity contribution < 1.29 is 17.6 Å². The van der Waals surface area contributed by atoms with Crippen molar-refractivity contribution in [1.82, 2.24) is 0 Å². The molecule has 4 heterocycles. The molecule has 426 valence electrons. The summed E-state index contributed by atoms with van der Waals surface area (Å²) in [7, 11) is 0. The molecule has 0 aromatic heterocycles. The van der Waals surface area contributed by atoms with Crippen LogP contribution in [0.4, 0.5) is 120 Å². The van der Waals surface area contributed by atoms with Crippen molar-refractivity contribution in [2.75, 3.05) is 29.4 Å². The molecule has 0 saturated heterocycles. The average molecular weight is 1170 g/mol. The van der Waals surface area contributed by atoms with Crippen molar-refractivity contribution in [3.05, 3.63) is 327 Å². The standard InChI is InChI=1S/C78H50B2F4N6/c81-63-39-23-40-64(82)77(63)89-69-50-70-62(49-61(69)79-59-37-19-21-43-67(59)87(55-33-15-5-16-34-55)71-45-57(47-73(89)75(71)79)85(51-25-7-1-8-26-51)52-27-9-2-10-28-52)80-60-38-20-22-44-68(60)88(56-35-17-6-18-36-56)72-46-58(86(53-29-11-3-12-30-53)54-31-13-4-14-32-54)48-74(76(72)80)90(70)78-65(83)41-24-42-66(78)84/h1-50H. The van der Waals surface area contributed by atoms with Crippen molar-refractivity contribution in [3.8, 4) is 0 Å². The van der Waals surface area contributed by atoms with Gasteiger partial charge in [0.15, 0.2) is 0 Å². The Morgan fingerprint density at radius 2 is 0.511 bits per heavy atom. The molecule has 0 bridgehead atoms. The van der Waals surface area contributed by atoms with Gasteiger partial charge in [-0.1, -0.05) is 164 Å². The van der Waals surface area contributed by atoms with E-state index in [9.17, 15) is 0 Å². The third-order valence-electron chi connectivity index (χ3n) is 18.0. The third kappa shape index (κ3) is 8.21. The van der Waals surface area contributed by atoms with Gasteiger partial charge in [-0.3, -0.25) is 0 Å². The van der Waals surface area contributed by atoms with Crippen LogP contribution in [0.3, 0.4) is 0 Å². The van der Waals surface area contributed by atoms with Gasteiger partial charge in [-0.2, -0.15) is 0 Å². The van der Waals surface area contributed by atoms with Gasteiger partial charge >= 0.3 is 0 Å². The van der Waals surface area contributed by atoms with Crippen LogP contribution in [0.1, 0.15) is 0 Å². The van der Waals surface area contributed by atoms with Crippen LogP contribution in [0.15, 0.2) is 303 Å². The van der Waals surface area contributed by atoms with Crippen LogP contribution in [0.2, 0.25) is 0 Å². The average Bonchev–Trinajstić information content (AvgIpc) is 0.688. The first-order valence-electron chi connectivity index (χ1n) is 30.1. The Bertz CT molecular complexity index is 4530. The molecule has 13 aromatic carbocycles. The first-order valence-corrected chi connectivity index (χ1v) is 30.1. The van der Waals surface area contributed by atoms with Crippen molar-refractivity contribution in [3.63, 3.8) is 0 Å². The number of rotatable bonds is 10. The largest absolute Gasteiger partial charge is 0.311 e. The van der Waals surface area contributed by atoms with Crippen LogP contribution in [0.25, 0.3) is 0 Å². The molecule has 0 spiro atoms. The summed E-state index contributed by atoms with van der Waals surface area (Å²) < 4.78 is 71.0. The Kier molecular flexibility index (Phi) is 12.4. The van der Waals surface area contributed by atoms with E-state index in [1.54, 1.807) is 9.80 Å². The zero-order chi connectivity index (χ0) is 60.1. The number of benzene rings is 13. The van der Waals surface area contributed by atoms with E-state index in [0.717, 1.165) is 101 Å². The van der Waals surface area contributed by atoms with Crippen LogP contribution in [0.5, 0.6) is 0 Å². The molecule has 17 rings (SSSR count). The maximum atomic E-state index is 17.8. The van der Waals surface area contributed by atoms with Crippen molar-refractivity contribution in [2.45, 2.75) is 0 Å². The number of hydrogen-bond acceptors (Lipinski definition) is 6. The maximum absolute atomic E-state index is 17.8. The second-order valence-corrected chi connectivity index (χ2v) is 22.9. The van der Waals surface area contributed by atoms with Crippen LogP contribution >= 0.6 is 0 Å². The van der Waals surface area contributed by atoms with Crippen molar-refractivity contribution >= 4 is 149 Å². The van der Waals surface area contributed by atoms with Gasteiger partial charge in [0.05, 0.1) is 11.4 Å². The van der Waals surface area contributed by atoms with Gasteiger partial charge in [-0.15, -0.1) is 0 Å². The van der Waals surface area contributed by atoms with Gasteiger partial charge in [0.25, 0.3) is 13.4 Å². The fourth-order valence-electron chi connectivity index (χ4n) is 14.4. The predicted octanol–water partition coefficient (Wildman–Crippen LogP) is 17.3. The minimum Gasteiger partial charge on any atom is -0.311 e. The first kappa shape index (κ1) is 52.8. The Balaban J connectivity index is 1.02. The number of fused-ring (bicyclic) bond motifs is 8. The zero-order valence-corrected chi connectivity index (χ0v) is 48.2. The second kappa shape index (κ2) is 21.1. The number of hydrogen-bond donors (Lipinski definition) is 0. The Morgan fingerprint density at radius 1 is 0.222 bits per heavy atom. The highest BCUT2D eigenvalue weighted by atomic mass is 19.1. The fourth-order valence-corrected chi connectivity index (χ4v) is 14.4. The number of anilines is 18. The van der Waals surface area contributed by atoms with E-state index in [-0.39, 0.29) is 11.4 Å². The minimum atomic E-state index is -0.795. The highest BCUT2D eigenvalue weighted by molar-refractivity contribution is 7.03. The van der Waals surface area contributed by atoms with Gasteiger partial charge in [-0.05, 0) is 172 Å². The molecule has 12 heteroatoms. The molecule has 6 nitrogen and oxygen atoms in total. The van der Waals surface area contributed by atoms with Crippen LogP contribution in [-0.2, 0) is 0 Å². The topological polar surface area (TPSA) is 19.4 Å². The maximum Gasteiger partial charge on any atom is 0.252 e. The Labute approximate surface area is 519 Å². The molecule has 0 N–H and O–H groups in total. The molecule has 13 aromatic rings. The molecular weight excluding hydrogens is 1120 g/mol. The van der Waals surface area contributed by atoms with E-state index in [0.29, 0.717) is 22.7 Å². The third-order valence-corrected chi connectivity index (χ3v) is 18.0. The summed E-state index contributed by atoms with van der Waals surface area (Å²) in [5, 5.41) is 0. The highest BCUT2D eigenvalue weighted by Gasteiger charge is 2.50. The molecule has 4 aliphatic heterocycles. The summed E-state index contributed by atoms with van der Waals surface area (Å²) >= 11 is 0. The Morgan fingerprint density at radius 3 is 0.844 bits per heavy atom. The van der Waals surface area contributed by atoms with Crippen LogP contribution in [0, 0.1) is 23.3 Å².